The lowest BCUT2D eigenvalue weighted by Crippen LogP contribution is -1.98. The minimum atomic E-state index is 0.179. The molecule has 1 rings (SSSR count). The highest BCUT2D eigenvalue weighted by molar-refractivity contribution is 5.79. The Labute approximate surface area is 84.4 Å². The Morgan fingerprint density at radius 3 is 2.79 bits per heavy atom. The van der Waals surface area contributed by atoms with Crippen molar-refractivity contribution >= 4 is 11.9 Å². The predicted octanol–water partition coefficient (Wildman–Crippen LogP) is 1.79. The fourth-order valence-electron chi connectivity index (χ4n) is 1.32. The highest BCUT2D eigenvalue weighted by Gasteiger charge is 2.00. The van der Waals surface area contributed by atoms with E-state index in [0.29, 0.717) is 13.0 Å². The molecule has 0 aliphatic rings. The number of carbonyl (C=O) groups is 1. The third kappa shape index (κ3) is 3.15. The van der Waals surface area contributed by atoms with E-state index in [9.17, 15) is 4.79 Å². The molecule has 1 aromatic rings. The molecule has 0 aliphatic heterocycles. The lowest BCUT2D eigenvalue weighted by molar-refractivity contribution is -0.116. The van der Waals surface area contributed by atoms with Gasteiger partial charge in [-0.2, -0.15) is 0 Å². The number of hydrogen-bond acceptors (Lipinski definition) is 2. The zero-order chi connectivity index (χ0) is 10.4. The molecule has 0 fully saturated rings. The predicted molar refractivity (Wildman–Crippen MR) is 58.9 cm³/mol. The van der Waals surface area contributed by atoms with Gasteiger partial charge in [0.25, 0.3) is 0 Å². The quantitative estimate of drug-likeness (QED) is 0.784. The summed E-state index contributed by atoms with van der Waals surface area (Å²) in [4.78, 5) is 11.0. The van der Waals surface area contributed by atoms with Crippen LogP contribution in [-0.2, 0) is 11.2 Å². The highest BCUT2D eigenvalue weighted by Crippen LogP contribution is 2.11. The lowest BCUT2D eigenvalue weighted by Gasteiger charge is -2.02. The van der Waals surface area contributed by atoms with Gasteiger partial charge in [0.2, 0.25) is 0 Å². The Morgan fingerprint density at radius 1 is 1.43 bits per heavy atom. The van der Waals surface area contributed by atoms with Crippen LogP contribution in [0, 0.1) is 0 Å². The van der Waals surface area contributed by atoms with Crippen molar-refractivity contribution in [2.24, 2.45) is 5.73 Å². The molecule has 0 atom stereocenters. The van der Waals surface area contributed by atoms with Gasteiger partial charge in [-0.05, 0) is 18.1 Å². The van der Waals surface area contributed by atoms with Crippen molar-refractivity contribution in [3.8, 4) is 0 Å². The SMILES string of the molecule is CC(=O)Cc1ccccc1C=CCN. The summed E-state index contributed by atoms with van der Waals surface area (Å²) in [5.41, 5.74) is 7.51. The van der Waals surface area contributed by atoms with Crippen LogP contribution in [0.3, 0.4) is 0 Å². The van der Waals surface area contributed by atoms with Crippen molar-refractivity contribution in [3.05, 3.63) is 41.5 Å². The molecule has 0 radical (unpaired) electrons. The largest absolute Gasteiger partial charge is 0.327 e. The van der Waals surface area contributed by atoms with Crippen LogP contribution in [0.15, 0.2) is 30.3 Å². The maximum atomic E-state index is 11.0. The molecular weight excluding hydrogens is 174 g/mol. The summed E-state index contributed by atoms with van der Waals surface area (Å²) < 4.78 is 0. The van der Waals surface area contributed by atoms with Gasteiger partial charge in [0.15, 0.2) is 0 Å². The molecular formula is C12H15NO. The minimum absolute atomic E-state index is 0.179. The molecule has 0 amide bonds. The molecule has 14 heavy (non-hydrogen) atoms. The number of Topliss-reactive ketones (excluding diaryl/α,β-unsaturated/α-hetero) is 1. The molecule has 0 heterocycles. The maximum Gasteiger partial charge on any atom is 0.134 e. The minimum Gasteiger partial charge on any atom is -0.327 e. The van der Waals surface area contributed by atoms with E-state index in [1.807, 2.05) is 36.4 Å². The first kappa shape index (κ1) is 10.7. The van der Waals surface area contributed by atoms with Gasteiger partial charge in [0.05, 0.1) is 0 Å². The van der Waals surface area contributed by atoms with Crippen LogP contribution in [0.4, 0.5) is 0 Å². The summed E-state index contributed by atoms with van der Waals surface area (Å²) in [6, 6.07) is 7.86. The zero-order valence-corrected chi connectivity index (χ0v) is 8.36. The topological polar surface area (TPSA) is 43.1 Å². The van der Waals surface area contributed by atoms with Crippen molar-refractivity contribution < 1.29 is 4.79 Å². The molecule has 0 bridgehead atoms. The normalized spacial score (nSPS) is 10.7. The summed E-state index contributed by atoms with van der Waals surface area (Å²) in [6.45, 7) is 2.12. The summed E-state index contributed by atoms with van der Waals surface area (Å²) in [6.07, 6.45) is 4.34. The van der Waals surface area contributed by atoms with Crippen LogP contribution in [0.2, 0.25) is 0 Å². The van der Waals surface area contributed by atoms with E-state index in [-0.39, 0.29) is 5.78 Å². The van der Waals surface area contributed by atoms with Crippen molar-refractivity contribution in [1.29, 1.82) is 0 Å². The smallest absolute Gasteiger partial charge is 0.134 e. The van der Waals surface area contributed by atoms with Crippen LogP contribution in [0.5, 0.6) is 0 Å². The first-order valence-corrected chi connectivity index (χ1v) is 4.68. The van der Waals surface area contributed by atoms with Gasteiger partial charge < -0.3 is 5.73 Å². The van der Waals surface area contributed by atoms with E-state index in [1.165, 1.54) is 0 Å². The van der Waals surface area contributed by atoms with E-state index in [0.717, 1.165) is 11.1 Å². The molecule has 0 saturated carbocycles. The third-order valence-corrected chi connectivity index (χ3v) is 1.93. The van der Waals surface area contributed by atoms with Gasteiger partial charge in [0.1, 0.15) is 5.78 Å². The number of benzene rings is 1. The van der Waals surface area contributed by atoms with Gasteiger partial charge in [-0.1, -0.05) is 36.4 Å². The first-order chi connectivity index (χ1) is 6.74. The Bertz CT molecular complexity index is 342. The highest BCUT2D eigenvalue weighted by atomic mass is 16.1. The number of rotatable bonds is 4. The van der Waals surface area contributed by atoms with Crippen molar-refractivity contribution in [3.63, 3.8) is 0 Å². The molecule has 0 aliphatic carbocycles. The second kappa shape index (κ2) is 5.35. The number of ketones is 1. The Hall–Kier alpha value is -1.41. The van der Waals surface area contributed by atoms with Crippen LogP contribution in [-0.4, -0.2) is 12.3 Å². The standard InChI is InChI=1S/C12H15NO/c1-10(14)9-12-6-3-2-5-11(12)7-4-8-13/h2-7H,8-9,13H2,1H3. The fraction of sp³-hybridized carbons (Fsp3) is 0.250. The number of carbonyl (C=O) groups excluding carboxylic acids is 1. The van der Waals surface area contributed by atoms with Crippen LogP contribution < -0.4 is 5.73 Å². The Kier molecular flexibility index (Phi) is 4.08. The Balaban J connectivity index is 2.90. The van der Waals surface area contributed by atoms with Crippen molar-refractivity contribution in [1.82, 2.24) is 0 Å². The molecule has 2 heteroatoms. The van der Waals surface area contributed by atoms with Crippen molar-refractivity contribution in [2.75, 3.05) is 6.54 Å². The van der Waals surface area contributed by atoms with Crippen LogP contribution >= 0.6 is 0 Å². The second-order valence-corrected chi connectivity index (χ2v) is 3.22. The fourth-order valence-corrected chi connectivity index (χ4v) is 1.32. The zero-order valence-electron chi connectivity index (χ0n) is 8.36. The van der Waals surface area contributed by atoms with Gasteiger partial charge in [-0.15, -0.1) is 0 Å². The van der Waals surface area contributed by atoms with E-state index < -0.39 is 0 Å². The van der Waals surface area contributed by atoms with Gasteiger partial charge >= 0.3 is 0 Å². The molecule has 2 nitrogen and oxygen atoms in total. The number of nitrogens with two attached hydrogens (primary N) is 1. The molecule has 0 saturated heterocycles. The average molecular weight is 189 g/mol. The van der Waals surface area contributed by atoms with Crippen LogP contribution in [0.1, 0.15) is 18.1 Å². The molecule has 74 valence electrons. The van der Waals surface area contributed by atoms with Crippen molar-refractivity contribution in [2.45, 2.75) is 13.3 Å². The Morgan fingerprint density at radius 2 is 2.14 bits per heavy atom. The molecule has 1 aromatic carbocycles. The second-order valence-electron chi connectivity index (χ2n) is 3.22. The molecule has 0 aromatic heterocycles. The summed E-state index contributed by atoms with van der Waals surface area (Å²) in [7, 11) is 0. The maximum absolute atomic E-state index is 11.0. The third-order valence-electron chi connectivity index (χ3n) is 1.93. The van der Waals surface area contributed by atoms with Gasteiger partial charge in [0, 0.05) is 13.0 Å². The lowest BCUT2D eigenvalue weighted by atomic mass is 10.0. The monoisotopic (exact) mass is 189 g/mol. The first-order valence-electron chi connectivity index (χ1n) is 4.68. The summed E-state index contributed by atoms with van der Waals surface area (Å²) in [5.74, 6) is 0.179. The molecule has 0 unspecified atom stereocenters. The van der Waals surface area contributed by atoms with Crippen LogP contribution in [0.25, 0.3) is 6.08 Å². The van der Waals surface area contributed by atoms with E-state index >= 15 is 0 Å². The summed E-state index contributed by atoms with van der Waals surface area (Å²) in [5, 5.41) is 0. The summed E-state index contributed by atoms with van der Waals surface area (Å²) >= 11 is 0. The van der Waals surface area contributed by atoms with Gasteiger partial charge in [-0.25, -0.2) is 0 Å². The average Bonchev–Trinajstić information content (AvgIpc) is 2.16. The molecule has 2 N–H and O–H groups in total. The molecule has 0 spiro atoms. The van der Waals surface area contributed by atoms with E-state index in [4.69, 9.17) is 5.73 Å². The van der Waals surface area contributed by atoms with Gasteiger partial charge in [-0.3, -0.25) is 4.79 Å². The van der Waals surface area contributed by atoms with E-state index in [1.54, 1.807) is 6.92 Å². The number of hydrogen-bond donors (Lipinski definition) is 1. The van der Waals surface area contributed by atoms with E-state index in [2.05, 4.69) is 0 Å².